The summed E-state index contributed by atoms with van der Waals surface area (Å²) >= 11 is 2.09. The highest BCUT2D eigenvalue weighted by Gasteiger charge is 2.27. The van der Waals surface area contributed by atoms with E-state index < -0.39 is 10.2 Å². The van der Waals surface area contributed by atoms with Crippen LogP contribution in [0.25, 0.3) is 0 Å². The minimum absolute atomic E-state index is 0.553. The van der Waals surface area contributed by atoms with E-state index in [2.05, 4.69) is 27.3 Å². The van der Waals surface area contributed by atoms with Gasteiger partial charge >= 0.3 is 10.2 Å². The Bertz CT molecular complexity index is 514. The summed E-state index contributed by atoms with van der Waals surface area (Å²) in [5.41, 5.74) is 0.553. The van der Waals surface area contributed by atoms with Crippen molar-refractivity contribution in [1.29, 1.82) is 0 Å². The molecule has 94 valence electrons. The van der Waals surface area contributed by atoms with E-state index in [1.807, 2.05) is 6.07 Å². The Hall–Kier alpha value is -0.540. The summed E-state index contributed by atoms with van der Waals surface area (Å²) in [4.78, 5) is 0. The molecule has 1 fully saturated rings. The Labute approximate surface area is 114 Å². The van der Waals surface area contributed by atoms with Gasteiger partial charge in [0.15, 0.2) is 0 Å². The molecular formula is C10H13IN2O3S. The molecule has 0 spiro atoms. The van der Waals surface area contributed by atoms with Crippen LogP contribution in [0.15, 0.2) is 18.2 Å². The van der Waals surface area contributed by atoms with Crippen LogP contribution >= 0.6 is 22.6 Å². The predicted molar refractivity (Wildman–Crippen MR) is 74.4 cm³/mol. The Morgan fingerprint density at radius 1 is 1.41 bits per heavy atom. The van der Waals surface area contributed by atoms with Gasteiger partial charge in [-0.15, -0.1) is 0 Å². The van der Waals surface area contributed by atoms with Crippen molar-refractivity contribution in [3.8, 4) is 5.75 Å². The van der Waals surface area contributed by atoms with Gasteiger partial charge in [-0.25, -0.2) is 0 Å². The maximum absolute atomic E-state index is 11.9. The van der Waals surface area contributed by atoms with Crippen molar-refractivity contribution in [3.63, 3.8) is 0 Å². The van der Waals surface area contributed by atoms with Crippen molar-refractivity contribution < 1.29 is 13.2 Å². The van der Waals surface area contributed by atoms with Gasteiger partial charge in [-0.1, -0.05) is 0 Å². The maximum atomic E-state index is 11.9. The van der Waals surface area contributed by atoms with E-state index in [1.165, 1.54) is 4.31 Å². The summed E-state index contributed by atoms with van der Waals surface area (Å²) in [5, 5.41) is 0. The van der Waals surface area contributed by atoms with Gasteiger partial charge in [0.1, 0.15) is 5.75 Å². The van der Waals surface area contributed by atoms with Gasteiger partial charge in [0.25, 0.3) is 0 Å². The molecule has 1 aromatic carbocycles. The van der Waals surface area contributed by atoms with E-state index >= 15 is 0 Å². The molecule has 0 amide bonds. The van der Waals surface area contributed by atoms with E-state index in [4.69, 9.17) is 4.74 Å². The average Bonchev–Trinajstić information content (AvgIpc) is 2.17. The smallest absolute Gasteiger partial charge is 0.301 e. The fourth-order valence-corrected chi connectivity index (χ4v) is 3.41. The van der Waals surface area contributed by atoms with Crippen molar-refractivity contribution in [3.05, 3.63) is 21.8 Å². The van der Waals surface area contributed by atoms with Gasteiger partial charge in [-0.3, -0.25) is 4.72 Å². The van der Waals surface area contributed by atoms with Crippen molar-refractivity contribution in [2.24, 2.45) is 0 Å². The van der Waals surface area contributed by atoms with Crippen molar-refractivity contribution in [2.45, 2.75) is 6.42 Å². The first-order valence-corrected chi connectivity index (χ1v) is 7.66. The second-order valence-corrected chi connectivity index (χ2v) is 6.54. The van der Waals surface area contributed by atoms with Crippen LogP contribution in [0, 0.1) is 3.57 Å². The van der Waals surface area contributed by atoms with Gasteiger partial charge in [-0.2, -0.15) is 12.7 Å². The van der Waals surface area contributed by atoms with Crippen LogP contribution in [0.3, 0.4) is 0 Å². The minimum Gasteiger partial charge on any atom is -0.497 e. The van der Waals surface area contributed by atoms with Crippen LogP contribution in [0.5, 0.6) is 5.75 Å². The number of anilines is 1. The summed E-state index contributed by atoms with van der Waals surface area (Å²) in [7, 11) is -1.85. The first kappa shape index (κ1) is 12.9. The summed E-state index contributed by atoms with van der Waals surface area (Å²) < 4.78 is 33.7. The molecule has 1 aromatic rings. The first-order chi connectivity index (χ1) is 8.03. The normalized spacial score (nSPS) is 16.4. The van der Waals surface area contributed by atoms with E-state index in [0.29, 0.717) is 24.5 Å². The molecule has 0 atom stereocenters. The van der Waals surface area contributed by atoms with Crippen LogP contribution in [0.2, 0.25) is 0 Å². The number of hydrogen-bond donors (Lipinski definition) is 1. The number of halogens is 1. The zero-order valence-corrected chi connectivity index (χ0v) is 12.3. The highest BCUT2D eigenvalue weighted by atomic mass is 127. The summed E-state index contributed by atoms with van der Waals surface area (Å²) in [6.07, 6.45) is 0.927. The lowest BCUT2D eigenvalue weighted by Crippen LogP contribution is -2.45. The predicted octanol–water partition coefficient (Wildman–Crippen LogP) is 1.66. The number of ether oxygens (including phenoxy) is 1. The number of nitrogens with zero attached hydrogens (tertiary/aromatic N) is 1. The van der Waals surface area contributed by atoms with Gasteiger partial charge < -0.3 is 4.74 Å². The first-order valence-electron chi connectivity index (χ1n) is 5.14. The number of methoxy groups -OCH3 is 1. The lowest BCUT2D eigenvalue weighted by atomic mass is 10.3. The second-order valence-electron chi connectivity index (χ2n) is 3.71. The molecule has 1 N–H and O–H groups in total. The fraction of sp³-hybridized carbons (Fsp3) is 0.400. The van der Waals surface area contributed by atoms with Gasteiger partial charge in [0.05, 0.1) is 12.8 Å². The molecule has 17 heavy (non-hydrogen) atoms. The molecule has 1 aliphatic rings. The molecule has 0 saturated carbocycles. The molecule has 5 nitrogen and oxygen atoms in total. The van der Waals surface area contributed by atoms with Gasteiger partial charge in [-0.05, 0) is 41.1 Å². The Balaban J connectivity index is 2.22. The molecule has 0 aromatic heterocycles. The molecule has 1 aliphatic heterocycles. The third kappa shape index (κ3) is 2.83. The third-order valence-electron chi connectivity index (χ3n) is 2.57. The van der Waals surface area contributed by atoms with Gasteiger partial charge in [0.2, 0.25) is 0 Å². The highest BCUT2D eigenvalue weighted by Crippen LogP contribution is 2.26. The Morgan fingerprint density at radius 3 is 2.65 bits per heavy atom. The van der Waals surface area contributed by atoms with Crippen molar-refractivity contribution in [1.82, 2.24) is 4.31 Å². The number of rotatable bonds is 4. The largest absolute Gasteiger partial charge is 0.497 e. The lowest BCUT2D eigenvalue weighted by molar-refractivity contribution is 0.311. The molecule has 2 rings (SSSR count). The summed E-state index contributed by atoms with van der Waals surface area (Å²) in [6.45, 7) is 1.19. The summed E-state index contributed by atoms with van der Waals surface area (Å²) in [5.74, 6) is 0.631. The molecule has 0 bridgehead atoms. The fourth-order valence-electron chi connectivity index (χ4n) is 1.44. The Morgan fingerprint density at radius 2 is 2.12 bits per heavy atom. The van der Waals surface area contributed by atoms with E-state index in [0.717, 1.165) is 9.99 Å². The molecule has 1 saturated heterocycles. The van der Waals surface area contributed by atoms with Crippen LogP contribution in [0.1, 0.15) is 6.42 Å². The van der Waals surface area contributed by atoms with Crippen LogP contribution in [0.4, 0.5) is 5.69 Å². The third-order valence-corrected chi connectivity index (χ3v) is 5.03. The van der Waals surface area contributed by atoms with E-state index in [-0.39, 0.29) is 0 Å². The van der Waals surface area contributed by atoms with E-state index in [9.17, 15) is 8.42 Å². The average molecular weight is 368 g/mol. The number of nitrogens with one attached hydrogen (secondary N) is 1. The summed E-state index contributed by atoms with van der Waals surface area (Å²) in [6, 6.07) is 5.29. The molecule has 7 heteroatoms. The Kier molecular flexibility index (Phi) is 3.79. The standard InChI is InChI=1S/C10H13IN2O3S/c1-16-8-3-4-9(11)10(7-8)12-17(14,15)13-5-2-6-13/h3-4,7,12H,2,5-6H2,1H3. The lowest BCUT2D eigenvalue weighted by Gasteiger charge is -2.30. The van der Waals surface area contributed by atoms with Crippen molar-refractivity contribution >= 4 is 38.5 Å². The molecule has 0 radical (unpaired) electrons. The molecule has 1 heterocycles. The van der Waals surface area contributed by atoms with Crippen molar-refractivity contribution in [2.75, 3.05) is 24.9 Å². The van der Waals surface area contributed by atoms with Gasteiger partial charge in [0, 0.05) is 22.7 Å². The van der Waals surface area contributed by atoms with Crippen LogP contribution in [-0.2, 0) is 10.2 Å². The molecule has 0 unspecified atom stereocenters. The number of benzene rings is 1. The zero-order valence-electron chi connectivity index (χ0n) is 9.31. The number of hydrogen-bond acceptors (Lipinski definition) is 3. The maximum Gasteiger partial charge on any atom is 0.301 e. The molecular weight excluding hydrogens is 355 g/mol. The SMILES string of the molecule is COc1ccc(I)c(NS(=O)(=O)N2CCC2)c1. The monoisotopic (exact) mass is 368 g/mol. The highest BCUT2D eigenvalue weighted by molar-refractivity contribution is 14.1. The molecule has 0 aliphatic carbocycles. The quantitative estimate of drug-likeness (QED) is 0.823. The van der Waals surface area contributed by atoms with Crippen LogP contribution < -0.4 is 9.46 Å². The van der Waals surface area contributed by atoms with E-state index in [1.54, 1.807) is 19.2 Å². The van der Waals surface area contributed by atoms with Crippen LogP contribution in [-0.4, -0.2) is 32.9 Å². The second kappa shape index (κ2) is 4.99. The zero-order chi connectivity index (χ0) is 12.5. The minimum atomic E-state index is -3.40. The topological polar surface area (TPSA) is 58.6 Å².